The number of rotatable bonds is 5. The van der Waals surface area contributed by atoms with Crippen LogP contribution in [0.25, 0.3) is 11.2 Å². The highest BCUT2D eigenvalue weighted by Crippen LogP contribution is 2.16. The number of hydrogen-bond donors (Lipinski definition) is 1. The van der Waals surface area contributed by atoms with Gasteiger partial charge in [0.25, 0.3) is 11.5 Å². The van der Waals surface area contributed by atoms with Crippen molar-refractivity contribution in [2.24, 2.45) is 14.1 Å². The molecule has 4 rings (SSSR count). The lowest BCUT2D eigenvalue weighted by atomic mass is 10.2. The summed E-state index contributed by atoms with van der Waals surface area (Å²) in [5.74, 6) is 0.216. The van der Waals surface area contributed by atoms with E-state index in [1.807, 2.05) is 0 Å². The molecule has 160 valence electrons. The first-order valence-corrected chi connectivity index (χ1v) is 9.74. The Morgan fingerprint density at radius 1 is 1.20 bits per heavy atom. The topological polar surface area (TPSA) is 119 Å². The summed E-state index contributed by atoms with van der Waals surface area (Å²) in [4.78, 5) is 44.9. The molecule has 11 heteroatoms. The van der Waals surface area contributed by atoms with Gasteiger partial charge in [0, 0.05) is 53.2 Å². The first-order valence-electron chi connectivity index (χ1n) is 9.74. The molecule has 1 aliphatic heterocycles. The smallest absolute Gasteiger partial charge is 0.332 e. The molecule has 0 saturated carbocycles. The highest BCUT2D eigenvalue weighted by Gasteiger charge is 2.24. The summed E-state index contributed by atoms with van der Waals surface area (Å²) >= 11 is 0. The Bertz CT molecular complexity index is 1170. The van der Waals surface area contributed by atoms with Crippen molar-refractivity contribution in [2.75, 3.05) is 32.7 Å². The lowest BCUT2D eigenvalue weighted by molar-refractivity contribution is 0.0516. The van der Waals surface area contributed by atoms with Crippen molar-refractivity contribution in [1.82, 2.24) is 28.5 Å². The van der Waals surface area contributed by atoms with E-state index in [0.29, 0.717) is 44.9 Å². The van der Waals surface area contributed by atoms with E-state index in [1.165, 1.54) is 35.8 Å². The number of amides is 1. The van der Waals surface area contributed by atoms with Crippen molar-refractivity contribution in [3.63, 3.8) is 0 Å². The van der Waals surface area contributed by atoms with Crippen molar-refractivity contribution in [3.8, 4) is 0 Å². The molecule has 0 aromatic carbocycles. The minimum absolute atomic E-state index is 0.119. The summed E-state index contributed by atoms with van der Waals surface area (Å²) in [6.07, 6.45) is 2.29. The van der Waals surface area contributed by atoms with E-state index < -0.39 is 17.5 Å². The van der Waals surface area contributed by atoms with Gasteiger partial charge >= 0.3 is 5.69 Å². The van der Waals surface area contributed by atoms with E-state index in [1.54, 1.807) is 17.0 Å². The van der Waals surface area contributed by atoms with Gasteiger partial charge in [0.1, 0.15) is 6.23 Å². The SMILES string of the molecule is Cn1c(=O)c2c(ncn2C(O)CCN2CCN(C(=O)c3ccco3)CC2)n(C)c1=O. The normalized spacial score (nSPS) is 16.3. The van der Waals surface area contributed by atoms with Gasteiger partial charge in [-0.2, -0.15) is 0 Å². The zero-order valence-corrected chi connectivity index (χ0v) is 16.9. The number of carbonyl (C=O) groups excluding carboxylic acids is 1. The van der Waals surface area contributed by atoms with E-state index in [0.717, 1.165) is 4.57 Å². The first kappa shape index (κ1) is 20.1. The van der Waals surface area contributed by atoms with Gasteiger partial charge in [-0.25, -0.2) is 9.78 Å². The number of carbonyl (C=O) groups is 1. The van der Waals surface area contributed by atoms with Gasteiger partial charge in [0.05, 0.1) is 12.6 Å². The van der Waals surface area contributed by atoms with Crippen LogP contribution in [0.1, 0.15) is 23.2 Å². The lowest BCUT2D eigenvalue weighted by Crippen LogP contribution is -2.49. The molecule has 1 N–H and O–H groups in total. The van der Waals surface area contributed by atoms with Crippen molar-refractivity contribution in [1.29, 1.82) is 0 Å². The molecular weight excluding hydrogens is 392 g/mol. The third-order valence-corrected chi connectivity index (χ3v) is 5.59. The second-order valence-electron chi connectivity index (χ2n) is 7.41. The Labute approximate surface area is 171 Å². The highest BCUT2D eigenvalue weighted by atomic mass is 16.3. The molecule has 30 heavy (non-hydrogen) atoms. The number of aliphatic hydroxyl groups excluding tert-OH is 1. The number of nitrogens with zero attached hydrogens (tertiary/aromatic N) is 6. The fraction of sp³-hybridized carbons (Fsp3) is 0.474. The molecule has 1 aliphatic rings. The minimum atomic E-state index is -0.956. The van der Waals surface area contributed by atoms with Gasteiger partial charge in [-0.15, -0.1) is 0 Å². The van der Waals surface area contributed by atoms with Crippen LogP contribution in [-0.4, -0.2) is 72.2 Å². The van der Waals surface area contributed by atoms with Gasteiger partial charge in [-0.05, 0) is 12.1 Å². The number of imidazole rings is 1. The average Bonchev–Trinajstić information content (AvgIpc) is 3.45. The molecular formula is C19H24N6O5. The molecule has 3 aromatic heterocycles. The molecule has 1 saturated heterocycles. The Kier molecular flexibility index (Phi) is 5.31. The number of hydrogen-bond acceptors (Lipinski definition) is 7. The maximum atomic E-state index is 12.5. The fourth-order valence-electron chi connectivity index (χ4n) is 3.76. The fourth-order valence-corrected chi connectivity index (χ4v) is 3.76. The zero-order chi connectivity index (χ0) is 21.4. The molecule has 1 amide bonds. The summed E-state index contributed by atoms with van der Waals surface area (Å²) in [5.41, 5.74) is -0.517. The summed E-state index contributed by atoms with van der Waals surface area (Å²) < 4.78 is 8.87. The van der Waals surface area contributed by atoms with Crippen LogP contribution in [0.5, 0.6) is 0 Å². The molecule has 0 radical (unpaired) electrons. The van der Waals surface area contributed by atoms with Crippen molar-refractivity contribution >= 4 is 17.1 Å². The zero-order valence-electron chi connectivity index (χ0n) is 16.9. The van der Waals surface area contributed by atoms with Crippen LogP contribution in [0, 0.1) is 0 Å². The van der Waals surface area contributed by atoms with Crippen LogP contribution in [0.3, 0.4) is 0 Å². The maximum absolute atomic E-state index is 12.5. The molecule has 1 unspecified atom stereocenters. The van der Waals surface area contributed by atoms with Gasteiger partial charge in [0.15, 0.2) is 16.9 Å². The van der Waals surface area contributed by atoms with Crippen LogP contribution in [0.2, 0.25) is 0 Å². The molecule has 11 nitrogen and oxygen atoms in total. The number of piperazine rings is 1. The molecule has 1 atom stereocenters. The van der Waals surface area contributed by atoms with Gasteiger partial charge in [-0.1, -0.05) is 0 Å². The maximum Gasteiger partial charge on any atom is 0.332 e. The predicted octanol–water partition coefficient (Wildman–Crippen LogP) is -0.634. The number of aryl methyl sites for hydroxylation is 1. The highest BCUT2D eigenvalue weighted by molar-refractivity contribution is 5.91. The molecule has 0 aliphatic carbocycles. The second kappa shape index (κ2) is 7.92. The Balaban J connectivity index is 1.39. The van der Waals surface area contributed by atoms with E-state index >= 15 is 0 Å². The van der Waals surface area contributed by atoms with Crippen LogP contribution in [0.4, 0.5) is 0 Å². The predicted molar refractivity (Wildman–Crippen MR) is 107 cm³/mol. The standard InChI is InChI=1S/C19H24N6O5/c1-21-16-15(18(28)22(2)19(21)29)25(12-20-16)14(26)5-6-23-7-9-24(10-8-23)17(27)13-4-3-11-30-13/h3-4,11-12,14,26H,5-10H2,1-2H3. The molecule has 1 fully saturated rings. The lowest BCUT2D eigenvalue weighted by Gasteiger charge is -2.34. The van der Waals surface area contributed by atoms with E-state index in [-0.39, 0.29) is 17.1 Å². The summed E-state index contributed by atoms with van der Waals surface area (Å²) in [6, 6.07) is 3.34. The van der Waals surface area contributed by atoms with Gasteiger partial charge in [-0.3, -0.25) is 28.2 Å². The molecule has 4 heterocycles. The van der Waals surface area contributed by atoms with E-state index in [9.17, 15) is 19.5 Å². The van der Waals surface area contributed by atoms with Crippen molar-refractivity contribution in [3.05, 3.63) is 51.3 Å². The number of aromatic nitrogens is 4. The first-order chi connectivity index (χ1) is 14.4. The van der Waals surface area contributed by atoms with Crippen LogP contribution in [-0.2, 0) is 14.1 Å². The van der Waals surface area contributed by atoms with Crippen molar-refractivity contribution < 1.29 is 14.3 Å². The van der Waals surface area contributed by atoms with E-state index in [2.05, 4.69) is 9.88 Å². The number of fused-ring (bicyclic) bond motifs is 1. The minimum Gasteiger partial charge on any atom is -0.459 e. The van der Waals surface area contributed by atoms with Crippen LogP contribution in [0.15, 0.2) is 38.7 Å². The van der Waals surface area contributed by atoms with Crippen molar-refractivity contribution in [2.45, 2.75) is 12.6 Å². The summed E-state index contributed by atoms with van der Waals surface area (Å²) in [5, 5.41) is 10.7. The van der Waals surface area contributed by atoms with E-state index in [4.69, 9.17) is 4.42 Å². The largest absolute Gasteiger partial charge is 0.459 e. The summed E-state index contributed by atoms with van der Waals surface area (Å²) in [6.45, 7) is 3.11. The Hall–Kier alpha value is -3.18. The molecule has 0 bridgehead atoms. The number of furan rings is 1. The average molecular weight is 416 g/mol. The van der Waals surface area contributed by atoms with Gasteiger partial charge < -0.3 is 14.4 Å². The third-order valence-electron chi connectivity index (χ3n) is 5.59. The quantitative estimate of drug-likeness (QED) is 0.588. The summed E-state index contributed by atoms with van der Waals surface area (Å²) in [7, 11) is 2.94. The Morgan fingerprint density at radius 2 is 1.93 bits per heavy atom. The van der Waals surface area contributed by atoms with Gasteiger partial charge in [0.2, 0.25) is 0 Å². The van der Waals surface area contributed by atoms with Crippen LogP contribution < -0.4 is 11.2 Å². The molecule has 3 aromatic rings. The Morgan fingerprint density at radius 3 is 2.60 bits per heavy atom. The van der Waals surface area contributed by atoms with Crippen LogP contribution >= 0.6 is 0 Å². The molecule has 0 spiro atoms. The number of aliphatic hydroxyl groups is 1. The monoisotopic (exact) mass is 416 g/mol. The third kappa shape index (κ3) is 3.46. The second-order valence-corrected chi connectivity index (χ2v) is 7.41.